The second-order valence-corrected chi connectivity index (χ2v) is 6.29. The van der Waals surface area contributed by atoms with Crippen LogP contribution in [0.3, 0.4) is 0 Å². The Hall–Kier alpha value is -1.30. The zero-order chi connectivity index (χ0) is 15.7. The van der Waals surface area contributed by atoms with Crippen LogP contribution in [-0.4, -0.2) is 49.4 Å². The number of carbonyl (C=O) groups excluding carboxylic acids is 2. The van der Waals surface area contributed by atoms with E-state index in [1.807, 2.05) is 18.2 Å². The van der Waals surface area contributed by atoms with Crippen molar-refractivity contribution < 1.29 is 9.59 Å². The van der Waals surface area contributed by atoms with Crippen LogP contribution in [0.2, 0.25) is 5.02 Å². The molecule has 0 aliphatic carbocycles. The Balaban J connectivity index is 0.00000192. The van der Waals surface area contributed by atoms with Gasteiger partial charge in [0.05, 0.1) is 16.6 Å². The van der Waals surface area contributed by atoms with Crippen molar-refractivity contribution in [2.45, 2.75) is 18.9 Å². The summed E-state index contributed by atoms with van der Waals surface area (Å²) in [6.07, 6.45) is 1.49. The van der Waals surface area contributed by atoms with Crippen molar-refractivity contribution in [1.82, 2.24) is 10.2 Å². The van der Waals surface area contributed by atoms with Gasteiger partial charge in [0, 0.05) is 20.1 Å². The number of hydrogen-bond acceptors (Lipinski definition) is 3. The number of halogens is 2. The quantitative estimate of drug-likeness (QED) is 0.899. The predicted molar refractivity (Wildman–Crippen MR) is 93.2 cm³/mol. The topological polar surface area (TPSA) is 52.7 Å². The fourth-order valence-corrected chi connectivity index (χ4v) is 3.48. The van der Waals surface area contributed by atoms with E-state index in [1.165, 1.54) is 0 Å². The molecule has 0 spiro atoms. The van der Waals surface area contributed by atoms with Gasteiger partial charge < -0.3 is 15.1 Å². The summed E-state index contributed by atoms with van der Waals surface area (Å²) in [6, 6.07) is 6.93. The molecule has 0 aromatic heterocycles. The number of benzene rings is 1. The minimum absolute atomic E-state index is 0. The second-order valence-electron chi connectivity index (χ2n) is 5.88. The van der Waals surface area contributed by atoms with Crippen LogP contribution in [0.1, 0.15) is 12.8 Å². The zero-order valence-corrected chi connectivity index (χ0v) is 14.6. The predicted octanol–water partition coefficient (Wildman–Crippen LogP) is 1.93. The molecule has 1 aromatic carbocycles. The van der Waals surface area contributed by atoms with Gasteiger partial charge in [-0.1, -0.05) is 23.7 Å². The number of amides is 2. The fourth-order valence-electron chi connectivity index (χ4n) is 3.24. The van der Waals surface area contributed by atoms with Crippen molar-refractivity contribution in [2.24, 2.45) is 5.92 Å². The third kappa shape index (κ3) is 3.47. The maximum Gasteiger partial charge on any atom is 0.249 e. The van der Waals surface area contributed by atoms with Crippen molar-refractivity contribution in [3.05, 3.63) is 29.3 Å². The highest BCUT2D eigenvalue weighted by molar-refractivity contribution is 6.34. The molecule has 2 unspecified atom stereocenters. The third-order valence-electron chi connectivity index (χ3n) is 4.55. The number of nitrogens with one attached hydrogen (secondary N) is 1. The van der Waals surface area contributed by atoms with E-state index in [9.17, 15) is 9.59 Å². The lowest BCUT2D eigenvalue weighted by molar-refractivity contribution is -0.139. The molecule has 2 fully saturated rings. The van der Waals surface area contributed by atoms with Gasteiger partial charge in [0.1, 0.15) is 6.04 Å². The summed E-state index contributed by atoms with van der Waals surface area (Å²) in [5.41, 5.74) is 0.722. The Bertz CT molecular complexity index is 590. The number of para-hydroxylation sites is 1. The molecule has 23 heavy (non-hydrogen) atoms. The van der Waals surface area contributed by atoms with Gasteiger partial charge in [-0.05, 0) is 31.5 Å². The van der Waals surface area contributed by atoms with E-state index in [0.717, 1.165) is 18.7 Å². The Morgan fingerprint density at radius 2 is 2.09 bits per heavy atom. The summed E-state index contributed by atoms with van der Waals surface area (Å²) in [5.74, 6) is 0.00595. The molecular weight excluding hydrogens is 337 g/mol. The van der Waals surface area contributed by atoms with Crippen LogP contribution >= 0.6 is 24.0 Å². The molecule has 1 N–H and O–H groups in total. The molecule has 2 atom stereocenters. The Labute approximate surface area is 147 Å². The number of anilines is 1. The Morgan fingerprint density at radius 1 is 1.35 bits per heavy atom. The van der Waals surface area contributed by atoms with Crippen molar-refractivity contribution in [1.29, 1.82) is 0 Å². The van der Waals surface area contributed by atoms with E-state index < -0.39 is 0 Å². The van der Waals surface area contributed by atoms with Gasteiger partial charge in [0.15, 0.2) is 0 Å². The number of rotatable bonds is 3. The average molecular weight is 358 g/mol. The van der Waals surface area contributed by atoms with Gasteiger partial charge in [-0.25, -0.2) is 0 Å². The van der Waals surface area contributed by atoms with Gasteiger partial charge in [-0.15, -0.1) is 12.4 Å². The van der Waals surface area contributed by atoms with E-state index in [-0.39, 0.29) is 36.2 Å². The molecule has 5 nitrogen and oxygen atoms in total. The van der Waals surface area contributed by atoms with Gasteiger partial charge in [0.2, 0.25) is 11.8 Å². The normalized spacial score (nSPS) is 23.7. The molecule has 2 amide bonds. The summed E-state index contributed by atoms with van der Waals surface area (Å²) < 4.78 is 0. The van der Waals surface area contributed by atoms with E-state index in [2.05, 4.69) is 5.32 Å². The molecule has 2 saturated heterocycles. The van der Waals surface area contributed by atoms with E-state index in [1.54, 1.807) is 22.9 Å². The summed E-state index contributed by atoms with van der Waals surface area (Å²) >= 11 is 6.18. The van der Waals surface area contributed by atoms with Crippen LogP contribution < -0.4 is 10.2 Å². The SMILES string of the molecule is CN(C(=O)C1CCNC1)C1CCN(c2ccccc2Cl)C1=O.Cl. The van der Waals surface area contributed by atoms with Crippen LogP contribution in [0.4, 0.5) is 5.69 Å². The van der Waals surface area contributed by atoms with Crippen molar-refractivity contribution in [3.8, 4) is 0 Å². The Kier molecular flexibility index (Phi) is 5.89. The monoisotopic (exact) mass is 357 g/mol. The van der Waals surface area contributed by atoms with Crippen LogP contribution in [0.5, 0.6) is 0 Å². The molecule has 2 heterocycles. The summed E-state index contributed by atoms with van der Waals surface area (Å²) in [5, 5.41) is 3.75. The summed E-state index contributed by atoms with van der Waals surface area (Å²) in [6.45, 7) is 2.17. The fraction of sp³-hybridized carbons (Fsp3) is 0.500. The highest BCUT2D eigenvalue weighted by atomic mass is 35.5. The van der Waals surface area contributed by atoms with Crippen LogP contribution in [0.15, 0.2) is 24.3 Å². The lowest BCUT2D eigenvalue weighted by atomic mass is 10.1. The molecule has 1 aromatic rings. The first kappa shape index (κ1) is 18.0. The van der Waals surface area contributed by atoms with Gasteiger partial charge >= 0.3 is 0 Å². The number of likely N-dealkylation sites (N-methyl/N-ethyl adjacent to an activating group) is 1. The average Bonchev–Trinajstić information content (AvgIpc) is 3.16. The molecule has 3 rings (SSSR count). The first-order chi connectivity index (χ1) is 10.6. The number of hydrogen-bond donors (Lipinski definition) is 1. The molecule has 2 aliphatic rings. The zero-order valence-electron chi connectivity index (χ0n) is 13.0. The van der Waals surface area contributed by atoms with Gasteiger partial charge in [0.25, 0.3) is 0 Å². The van der Waals surface area contributed by atoms with E-state index in [4.69, 9.17) is 11.6 Å². The molecule has 0 radical (unpaired) electrons. The van der Waals surface area contributed by atoms with Gasteiger partial charge in [-0.3, -0.25) is 9.59 Å². The summed E-state index contributed by atoms with van der Waals surface area (Å²) in [7, 11) is 1.74. The first-order valence-corrected chi connectivity index (χ1v) is 8.00. The van der Waals surface area contributed by atoms with Crippen LogP contribution in [0.25, 0.3) is 0 Å². The third-order valence-corrected chi connectivity index (χ3v) is 4.86. The van der Waals surface area contributed by atoms with Gasteiger partial charge in [-0.2, -0.15) is 0 Å². The standard InChI is InChI=1S/C16H20ClN3O2.ClH/c1-19(15(21)11-6-8-18-10-11)14-7-9-20(16(14)22)13-5-3-2-4-12(13)17;/h2-5,11,14,18H,6-10H2,1H3;1H. The molecular formula is C16H21Cl2N3O2. The van der Waals surface area contributed by atoms with Crippen LogP contribution in [-0.2, 0) is 9.59 Å². The molecule has 0 saturated carbocycles. The number of carbonyl (C=O) groups is 2. The lowest BCUT2D eigenvalue weighted by Crippen LogP contribution is -2.45. The Morgan fingerprint density at radius 3 is 2.74 bits per heavy atom. The molecule has 2 aliphatic heterocycles. The lowest BCUT2D eigenvalue weighted by Gasteiger charge is -2.26. The smallest absolute Gasteiger partial charge is 0.249 e. The van der Waals surface area contributed by atoms with E-state index >= 15 is 0 Å². The highest BCUT2D eigenvalue weighted by Gasteiger charge is 2.39. The molecule has 7 heteroatoms. The molecule has 0 bridgehead atoms. The second kappa shape index (κ2) is 7.51. The maximum absolute atomic E-state index is 12.7. The maximum atomic E-state index is 12.7. The van der Waals surface area contributed by atoms with E-state index in [0.29, 0.717) is 24.5 Å². The molecule has 126 valence electrons. The minimum Gasteiger partial charge on any atom is -0.333 e. The van der Waals surface area contributed by atoms with Crippen LogP contribution in [0, 0.1) is 5.92 Å². The van der Waals surface area contributed by atoms with Crippen molar-refractivity contribution in [3.63, 3.8) is 0 Å². The van der Waals surface area contributed by atoms with Crippen molar-refractivity contribution in [2.75, 3.05) is 31.6 Å². The van der Waals surface area contributed by atoms with Crippen molar-refractivity contribution >= 4 is 41.5 Å². The first-order valence-electron chi connectivity index (χ1n) is 7.63. The summed E-state index contributed by atoms with van der Waals surface area (Å²) in [4.78, 5) is 28.5. The highest BCUT2D eigenvalue weighted by Crippen LogP contribution is 2.30. The minimum atomic E-state index is -0.385. The number of nitrogens with zero attached hydrogens (tertiary/aromatic N) is 2. The largest absolute Gasteiger partial charge is 0.333 e.